The van der Waals surface area contributed by atoms with Crippen molar-refractivity contribution in [3.05, 3.63) is 106 Å². The number of benzene rings is 3. The molecule has 2 N–H and O–H groups in total. The standard InChI is InChI=1S/C25H20ClF3N2O/c26-21-8-9-23-22(14-21)19(15-31-23)10-11-30-24(32)18-3-1-2-17(13-18)12-16-4-6-20(7-5-16)25(27,28)29/h1-9,13-15,31H,10-12H2,(H,30,32). The van der Waals surface area contributed by atoms with E-state index in [1.807, 2.05) is 30.5 Å². The number of aromatic amines is 1. The lowest BCUT2D eigenvalue weighted by molar-refractivity contribution is -0.137. The fourth-order valence-electron chi connectivity index (χ4n) is 3.64. The Morgan fingerprint density at radius 3 is 2.50 bits per heavy atom. The number of aromatic nitrogens is 1. The second-order valence-electron chi connectivity index (χ2n) is 7.58. The highest BCUT2D eigenvalue weighted by molar-refractivity contribution is 6.31. The van der Waals surface area contributed by atoms with Crippen molar-refractivity contribution in [2.45, 2.75) is 19.0 Å². The van der Waals surface area contributed by atoms with Crippen molar-refractivity contribution in [2.75, 3.05) is 6.54 Å². The normalized spacial score (nSPS) is 11.6. The Morgan fingerprint density at radius 2 is 1.75 bits per heavy atom. The maximum Gasteiger partial charge on any atom is 0.416 e. The summed E-state index contributed by atoms with van der Waals surface area (Å²) in [5.41, 5.74) is 3.49. The van der Waals surface area contributed by atoms with Crippen molar-refractivity contribution in [1.82, 2.24) is 10.3 Å². The average Bonchev–Trinajstić information content (AvgIpc) is 3.15. The first-order chi connectivity index (χ1) is 15.3. The summed E-state index contributed by atoms with van der Waals surface area (Å²) < 4.78 is 38.2. The number of nitrogens with one attached hydrogen (secondary N) is 2. The minimum absolute atomic E-state index is 0.197. The fraction of sp³-hybridized carbons (Fsp3) is 0.160. The summed E-state index contributed by atoms with van der Waals surface area (Å²) in [6.07, 6.45) is -1.35. The van der Waals surface area contributed by atoms with Gasteiger partial charge in [-0.2, -0.15) is 13.2 Å². The molecule has 0 unspecified atom stereocenters. The van der Waals surface area contributed by atoms with Gasteiger partial charge in [-0.05, 0) is 72.0 Å². The van der Waals surface area contributed by atoms with Gasteiger partial charge in [0.25, 0.3) is 5.91 Å². The van der Waals surface area contributed by atoms with E-state index in [0.29, 0.717) is 30.0 Å². The van der Waals surface area contributed by atoms with Gasteiger partial charge in [0.15, 0.2) is 0 Å². The van der Waals surface area contributed by atoms with E-state index in [-0.39, 0.29) is 5.91 Å². The zero-order chi connectivity index (χ0) is 22.7. The van der Waals surface area contributed by atoms with Crippen LogP contribution in [-0.4, -0.2) is 17.4 Å². The van der Waals surface area contributed by atoms with Crippen LogP contribution in [0.25, 0.3) is 10.9 Å². The fourth-order valence-corrected chi connectivity index (χ4v) is 3.81. The molecular weight excluding hydrogens is 437 g/mol. The summed E-state index contributed by atoms with van der Waals surface area (Å²) in [6, 6.07) is 17.8. The smallest absolute Gasteiger partial charge is 0.361 e. The molecule has 1 heterocycles. The Bertz CT molecular complexity index is 1250. The number of alkyl halides is 3. The SMILES string of the molecule is O=C(NCCc1c[nH]c2ccc(Cl)cc12)c1cccc(Cc2ccc(C(F)(F)F)cc2)c1. The van der Waals surface area contributed by atoms with Crippen molar-refractivity contribution in [2.24, 2.45) is 0 Å². The first kappa shape index (κ1) is 22.0. The highest BCUT2D eigenvalue weighted by Gasteiger charge is 2.29. The molecule has 164 valence electrons. The Labute approximate surface area is 188 Å². The predicted octanol–water partition coefficient (Wildman–Crippen LogP) is 6.40. The second-order valence-corrected chi connectivity index (χ2v) is 8.02. The van der Waals surface area contributed by atoms with E-state index in [1.165, 1.54) is 12.1 Å². The molecule has 0 spiro atoms. The summed E-state index contributed by atoms with van der Waals surface area (Å²) >= 11 is 6.08. The lowest BCUT2D eigenvalue weighted by Crippen LogP contribution is -2.25. The predicted molar refractivity (Wildman–Crippen MR) is 120 cm³/mol. The molecule has 3 nitrogen and oxygen atoms in total. The van der Waals surface area contributed by atoms with Crippen LogP contribution in [0.15, 0.2) is 72.9 Å². The van der Waals surface area contributed by atoms with Gasteiger partial charge in [0.2, 0.25) is 0 Å². The summed E-state index contributed by atoms with van der Waals surface area (Å²) in [5, 5.41) is 4.61. The van der Waals surface area contributed by atoms with Gasteiger partial charge < -0.3 is 10.3 Å². The molecule has 32 heavy (non-hydrogen) atoms. The lowest BCUT2D eigenvalue weighted by atomic mass is 10.0. The molecule has 0 fully saturated rings. The highest BCUT2D eigenvalue weighted by Crippen LogP contribution is 2.29. The summed E-state index contributed by atoms with van der Waals surface area (Å²) in [6.45, 7) is 0.460. The van der Waals surface area contributed by atoms with E-state index < -0.39 is 11.7 Å². The quantitative estimate of drug-likeness (QED) is 0.346. The third-order valence-electron chi connectivity index (χ3n) is 5.29. The number of hydrogen-bond acceptors (Lipinski definition) is 1. The third-order valence-corrected chi connectivity index (χ3v) is 5.52. The number of hydrogen-bond donors (Lipinski definition) is 2. The van der Waals surface area contributed by atoms with E-state index >= 15 is 0 Å². The van der Waals surface area contributed by atoms with E-state index in [4.69, 9.17) is 11.6 Å². The molecule has 7 heteroatoms. The van der Waals surface area contributed by atoms with Gasteiger partial charge in [-0.15, -0.1) is 0 Å². The van der Waals surface area contributed by atoms with Crippen LogP contribution in [-0.2, 0) is 19.0 Å². The topological polar surface area (TPSA) is 44.9 Å². The largest absolute Gasteiger partial charge is 0.416 e. The van der Waals surface area contributed by atoms with Crippen molar-refractivity contribution in [3.8, 4) is 0 Å². The van der Waals surface area contributed by atoms with Gasteiger partial charge in [0, 0.05) is 34.2 Å². The summed E-state index contributed by atoms with van der Waals surface area (Å²) in [4.78, 5) is 15.8. The monoisotopic (exact) mass is 456 g/mol. The van der Waals surface area contributed by atoms with Gasteiger partial charge in [0.05, 0.1) is 5.56 Å². The molecule has 0 saturated heterocycles. The number of H-pyrrole nitrogens is 1. The number of halogens is 4. The van der Waals surface area contributed by atoms with Crippen LogP contribution in [0.2, 0.25) is 5.02 Å². The number of amides is 1. The van der Waals surface area contributed by atoms with Crippen LogP contribution in [0.4, 0.5) is 13.2 Å². The Balaban J connectivity index is 1.37. The first-order valence-electron chi connectivity index (χ1n) is 10.1. The van der Waals surface area contributed by atoms with Gasteiger partial charge in [-0.25, -0.2) is 0 Å². The van der Waals surface area contributed by atoms with Crippen LogP contribution in [0.1, 0.15) is 32.6 Å². The van der Waals surface area contributed by atoms with Crippen LogP contribution in [0.5, 0.6) is 0 Å². The number of rotatable bonds is 6. The molecule has 0 saturated carbocycles. The Hall–Kier alpha value is -3.25. The Morgan fingerprint density at radius 1 is 0.969 bits per heavy atom. The molecule has 4 aromatic rings. The minimum Gasteiger partial charge on any atom is -0.361 e. The zero-order valence-electron chi connectivity index (χ0n) is 17.0. The van der Waals surface area contributed by atoms with Crippen LogP contribution >= 0.6 is 11.6 Å². The summed E-state index contributed by atoms with van der Waals surface area (Å²) in [5.74, 6) is -0.197. The molecular formula is C25H20ClF3N2O. The van der Waals surface area contributed by atoms with Crippen molar-refractivity contribution < 1.29 is 18.0 Å². The summed E-state index contributed by atoms with van der Waals surface area (Å²) in [7, 11) is 0. The van der Waals surface area contributed by atoms with Crippen LogP contribution in [0.3, 0.4) is 0 Å². The van der Waals surface area contributed by atoms with E-state index in [1.54, 1.807) is 18.2 Å². The molecule has 3 aromatic carbocycles. The number of carbonyl (C=O) groups is 1. The maximum absolute atomic E-state index is 12.7. The van der Waals surface area contributed by atoms with E-state index in [0.717, 1.165) is 39.7 Å². The zero-order valence-corrected chi connectivity index (χ0v) is 17.7. The van der Waals surface area contributed by atoms with E-state index in [2.05, 4.69) is 10.3 Å². The first-order valence-corrected chi connectivity index (χ1v) is 10.5. The highest BCUT2D eigenvalue weighted by atomic mass is 35.5. The second kappa shape index (κ2) is 9.09. The average molecular weight is 457 g/mol. The molecule has 4 rings (SSSR count). The lowest BCUT2D eigenvalue weighted by Gasteiger charge is -2.09. The van der Waals surface area contributed by atoms with Crippen molar-refractivity contribution >= 4 is 28.4 Å². The van der Waals surface area contributed by atoms with Crippen LogP contribution in [0, 0.1) is 0 Å². The molecule has 0 atom stereocenters. The molecule has 0 radical (unpaired) electrons. The number of fused-ring (bicyclic) bond motifs is 1. The molecule has 0 bridgehead atoms. The molecule has 1 aromatic heterocycles. The van der Waals surface area contributed by atoms with Gasteiger partial charge in [0.1, 0.15) is 0 Å². The third kappa shape index (κ3) is 5.14. The number of carbonyl (C=O) groups excluding carboxylic acids is 1. The molecule has 0 aliphatic heterocycles. The molecule has 0 aliphatic carbocycles. The van der Waals surface area contributed by atoms with Gasteiger partial charge in [-0.1, -0.05) is 35.9 Å². The van der Waals surface area contributed by atoms with E-state index in [9.17, 15) is 18.0 Å². The van der Waals surface area contributed by atoms with Crippen molar-refractivity contribution in [3.63, 3.8) is 0 Å². The minimum atomic E-state index is -4.35. The van der Waals surface area contributed by atoms with Crippen molar-refractivity contribution in [1.29, 1.82) is 0 Å². The Kier molecular flexibility index (Phi) is 6.24. The van der Waals surface area contributed by atoms with Gasteiger partial charge in [-0.3, -0.25) is 4.79 Å². The van der Waals surface area contributed by atoms with Gasteiger partial charge >= 0.3 is 6.18 Å². The molecule has 1 amide bonds. The maximum atomic E-state index is 12.7. The molecule has 0 aliphatic rings. The van der Waals surface area contributed by atoms with Crippen LogP contribution < -0.4 is 5.32 Å².